The van der Waals surface area contributed by atoms with E-state index in [0.717, 1.165) is 5.56 Å². The Labute approximate surface area is 90.7 Å². The molecule has 5 nitrogen and oxygen atoms in total. The van der Waals surface area contributed by atoms with E-state index in [4.69, 9.17) is 5.73 Å². The number of halogens is 1. The molecule has 0 saturated carbocycles. The quantitative estimate of drug-likeness (QED) is 0.779. The Balaban J connectivity index is 2.29. The Morgan fingerprint density at radius 3 is 2.88 bits per heavy atom. The Morgan fingerprint density at radius 2 is 2.31 bits per heavy atom. The molecule has 0 fully saturated rings. The molecule has 0 radical (unpaired) electrons. The number of aromatic amines is 1. The molecule has 84 valence electrons. The summed E-state index contributed by atoms with van der Waals surface area (Å²) in [6, 6.07) is 4.74. The van der Waals surface area contributed by atoms with Crippen molar-refractivity contribution >= 4 is 0 Å². The van der Waals surface area contributed by atoms with Crippen molar-refractivity contribution in [3.8, 4) is 0 Å². The lowest BCUT2D eigenvalue weighted by Gasteiger charge is -2.04. The van der Waals surface area contributed by atoms with Crippen molar-refractivity contribution < 1.29 is 4.39 Å². The van der Waals surface area contributed by atoms with E-state index in [2.05, 4.69) is 10.2 Å². The van der Waals surface area contributed by atoms with Gasteiger partial charge in [0.2, 0.25) is 0 Å². The molecule has 0 saturated heterocycles. The minimum absolute atomic E-state index is 0.159. The summed E-state index contributed by atoms with van der Waals surface area (Å²) in [5.41, 5.74) is 6.19. The summed E-state index contributed by atoms with van der Waals surface area (Å²) in [5, 5.41) is 5.81. The summed E-state index contributed by atoms with van der Waals surface area (Å²) in [7, 11) is 0. The molecule has 2 aromatic rings. The minimum Gasteiger partial charge on any atom is -0.326 e. The van der Waals surface area contributed by atoms with Crippen LogP contribution in [0.2, 0.25) is 0 Å². The van der Waals surface area contributed by atoms with Gasteiger partial charge in [-0.3, -0.25) is 4.57 Å². The first kappa shape index (κ1) is 10.6. The molecule has 0 aliphatic rings. The van der Waals surface area contributed by atoms with Crippen LogP contribution in [0.3, 0.4) is 0 Å². The number of H-pyrrole nitrogens is 1. The van der Waals surface area contributed by atoms with Gasteiger partial charge in [0.05, 0.1) is 6.54 Å². The van der Waals surface area contributed by atoms with Crippen LogP contribution in [0.25, 0.3) is 0 Å². The van der Waals surface area contributed by atoms with E-state index >= 15 is 0 Å². The molecule has 1 aromatic carbocycles. The molecular formula is C10H11FN4O. The second kappa shape index (κ2) is 4.28. The van der Waals surface area contributed by atoms with Crippen LogP contribution in [0.15, 0.2) is 29.3 Å². The van der Waals surface area contributed by atoms with E-state index in [0.29, 0.717) is 12.1 Å². The topological polar surface area (TPSA) is 76.7 Å². The van der Waals surface area contributed by atoms with Crippen LogP contribution in [0, 0.1) is 5.82 Å². The fraction of sp³-hybridized carbons (Fsp3) is 0.200. The molecule has 0 aliphatic carbocycles. The van der Waals surface area contributed by atoms with Gasteiger partial charge < -0.3 is 5.73 Å². The molecule has 0 atom stereocenters. The predicted molar refractivity (Wildman–Crippen MR) is 56.2 cm³/mol. The van der Waals surface area contributed by atoms with Gasteiger partial charge in [0.1, 0.15) is 12.1 Å². The maximum atomic E-state index is 13.6. The SMILES string of the molecule is NCc1ccc(Cn2cn[nH]c2=O)c(F)c1. The third kappa shape index (κ3) is 2.01. The van der Waals surface area contributed by atoms with Crippen LogP contribution >= 0.6 is 0 Å². The Morgan fingerprint density at radius 1 is 1.50 bits per heavy atom. The van der Waals surface area contributed by atoms with Crippen molar-refractivity contribution in [3.63, 3.8) is 0 Å². The summed E-state index contributed by atoms with van der Waals surface area (Å²) in [6.07, 6.45) is 1.33. The Bertz CT molecular complexity index is 546. The van der Waals surface area contributed by atoms with E-state index in [1.54, 1.807) is 12.1 Å². The molecule has 0 unspecified atom stereocenters. The van der Waals surface area contributed by atoms with E-state index < -0.39 is 0 Å². The monoisotopic (exact) mass is 222 g/mol. The highest BCUT2D eigenvalue weighted by atomic mass is 19.1. The number of rotatable bonds is 3. The summed E-state index contributed by atoms with van der Waals surface area (Å²) < 4.78 is 14.9. The minimum atomic E-state index is -0.365. The number of aromatic nitrogens is 3. The van der Waals surface area contributed by atoms with Gasteiger partial charge in [0.25, 0.3) is 0 Å². The molecule has 0 aliphatic heterocycles. The normalized spacial score (nSPS) is 10.6. The van der Waals surface area contributed by atoms with Gasteiger partial charge >= 0.3 is 5.69 Å². The van der Waals surface area contributed by atoms with Crippen molar-refractivity contribution in [2.45, 2.75) is 13.1 Å². The Hall–Kier alpha value is -1.95. The number of nitrogens with zero attached hydrogens (tertiary/aromatic N) is 2. The summed E-state index contributed by atoms with van der Waals surface area (Å²) in [6.45, 7) is 0.453. The van der Waals surface area contributed by atoms with E-state index in [1.165, 1.54) is 17.0 Å². The molecule has 0 spiro atoms. The van der Waals surface area contributed by atoms with Gasteiger partial charge in [-0.15, -0.1) is 0 Å². The van der Waals surface area contributed by atoms with Gasteiger partial charge in [-0.2, -0.15) is 5.10 Å². The second-order valence-corrected chi connectivity index (χ2v) is 3.42. The van der Waals surface area contributed by atoms with E-state index in [-0.39, 0.29) is 18.1 Å². The van der Waals surface area contributed by atoms with Crippen molar-refractivity contribution in [3.05, 3.63) is 52.0 Å². The average Bonchev–Trinajstić information content (AvgIpc) is 2.67. The van der Waals surface area contributed by atoms with Crippen molar-refractivity contribution in [1.82, 2.24) is 14.8 Å². The number of hydrogen-bond acceptors (Lipinski definition) is 3. The van der Waals surface area contributed by atoms with Crippen LogP contribution in [-0.2, 0) is 13.1 Å². The molecular weight excluding hydrogens is 211 g/mol. The van der Waals surface area contributed by atoms with E-state index in [9.17, 15) is 9.18 Å². The zero-order valence-electron chi connectivity index (χ0n) is 8.48. The van der Waals surface area contributed by atoms with Crippen LogP contribution in [0.4, 0.5) is 4.39 Å². The third-order valence-corrected chi connectivity index (χ3v) is 2.31. The van der Waals surface area contributed by atoms with Gasteiger partial charge in [-0.05, 0) is 11.6 Å². The molecule has 2 rings (SSSR count). The van der Waals surface area contributed by atoms with Gasteiger partial charge in [-0.25, -0.2) is 14.3 Å². The number of nitrogens with one attached hydrogen (secondary N) is 1. The standard InChI is InChI=1S/C10H11FN4O/c11-9-3-7(4-12)1-2-8(9)5-15-6-13-14-10(15)16/h1-3,6H,4-5,12H2,(H,14,16). The maximum Gasteiger partial charge on any atom is 0.343 e. The molecule has 1 heterocycles. The van der Waals surface area contributed by atoms with Crippen LogP contribution in [0.1, 0.15) is 11.1 Å². The highest BCUT2D eigenvalue weighted by Crippen LogP contribution is 2.10. The molecule has 16 heavy (non-hydrogen) atoms. The number of nitrogens with two attached hydrogens (primary N) is 1. The Kier molecular flexibility index (Phi) is 2.82. The first-order valence-corrected chi connectivity index (χ1v) is 4.78. The third-order valence-electron chi connectivity index (χ3n) is 2.31. The molecule has 6 heteroatoms. The van der Waals surface area contributed by atoms with E-state index in [1.807, 2.05) is 0 Å². The van der Waals surface area contributed by atoms with Crippen molar-refractivity contribution in [2.24, 2.45) is 5.73 Å². The predicted octanol–water partition coefficient (Wildman–Crippen LogP) is 0.218. The van der Waals surface area contributed by atoms with Gasteiger partial charge in [0.15, 0.2) is 0 Å². The molecule has 0 bridgehead atoms. The fourth-order valence-electron chi connectivity index (χ4n) is 1.41. The highest BCUT2D eigenvalue weighted by Gasteiger charge is 2.05. The zero-order chi connectivity index (χ0) is 11.5. The fourth-order valence-corrected chi connectivity index (χ4v) is 1.41. The van der Waals surface area contributed by atoms with Gasteiger partial charge in [-0.1, -0.05) is 12.1 Å². The van der Waals surface area contributed by atoms with Crippen LogP contribution in [-0.4, -0.2) is 14.8 Å². The van der Waals surface area contributed by atoms with Crippen molar-refractivity contribution in [1.29, 1.82) is 0 Å². The molecule has 1 aromatic heterocycles. The number of benzene rings is 1. The lowest BCUT2D eigenvalue weighted by Crippen LogP contribution is -2.17. The first-order chi connectivity index (χ1) is 7.70. The first-order valence-electron chi connectivity index (χ1n) is 4.78. The summed E-state index contributed by atoms with van der Waals surface area (Å²) in [4.78, 5) is 11.2. The lowest BCUT2D eigenvalue weighted by molar-refractivity contribution is 0.594. The summed E-state index contributed by atoms with van der Waals surface area (Å²) >= 11 is 0. The lowest BCUT2D eigenvalue weighted by atomic mass is 10.1. The number of hydrogen-bond donors (Lipinski definition) is 2. The van der Waals surface area contributed by atoms with Crippen molar-refractivity contribution in [2.75, 3.05) is 0 Å². The average molecular weight is 222 g/mol. The maximum absolute atomic E-state index is 13.6. The molecule has 0 amide bonds. The summed E-state index contributed by atoms with van der Waals surface area (Å²) in [5.74, 6) is -0.365. The van der Waals surface area contributed by atoms with Crippen LogP contribution < -0.4 is 11.4 Å². The largest absolute Gasteiger partial charge is 0.343 e. The molecule has 3 N–H and O–H groups in total. The smallest absolute Gasteiger partial charge is 0.326 e. The van der Waals surface area contributed by atoms with Gasteiger partial charge in [0, 0.05) is 12.1 Å². The second-order valence-electron chi connectivity index (χ2n) is 3.42. The van der Waals surface area contributed by atoms with Crippen LogP contribution in [0.5, 0.6) is 0 Å². The zero-order valence-corrected chi connectivity index (χ0v) is 8.48. The highest BCUT2D eigenvalue weighted by molar-refractivity contribution is 5.24.